The van der Waals surface area contributed by atoms with Crippen molar-refractivity contribution in [2.75, 3.05) is 44.7 Å². The predicted octanol–water partition coefficient (Wildman–Crippen LogP) is 3.42. The molecule has 0 bridgehead atoms. The first-order chi connectivity index (χ1) is 17.4. The van der Waals surface area contributed by atoms with E-state index < -0.39 is 17.8 Å². The second-order valence-corrected chi connectivity index (χ2v) is 9.96. The third-order valence-corrected chi connectivity index (χ3v) is 7.55. The number of halogens is 2. The van der Waals surface area contributed by atoms with Crippen LogP contribution in [0.4, 0.5) is 10.2 Å². The number of anilines is 1. The first kappa shape index (κ1) is 24.4. The molecule has 10 nitrogen and oxygen atoms in total. The fraction of sp³-hybridized carbons (Fsp3) is 0.458. The van der Waals surface area contributed by atoms with Crippen molar-refractivity contribution < 1.29 is 18.4 Å². The lowest BCUT2D eigenvalue weighted by molar-refractivity contribution is -0.131. The van der Waals surface area contributed by atoms with E-state index in [1.165, 1.54) is 4.90 Å². The van der Waals surface area contributed by atoms with E-state index in [4.69, 9.17) is 14.2 Å². The number of benzene rings is 1. The molecule has 0 spiro atoms. The van der Waals surface area contributed by atoms with Crippen LogP contribution in [0.3, 0.4) is 0 Å². The molecule has 2 aromatic heterocycles. The topological polar surface area (TPSA) is 112 Å². The minimum atomic E-state index is -1.04. The highest BCUT2D eigenvalue weighted by atomic mass is 79.9. The number of rotatable bonds is 6. The van der Waals surface area contributed by atoms with Gasteiger partial charge in [-0.3, -0.25) is 4.79 Å². The number of hydrogen-bond donors (Lipinski definition) is 0. The van der Waals surface area contributed by atoms with Gasteiger partial charge in [-0.25, -0.2) is 4.39 Å². The van der Waals surface area contributed by atoms with Gasteiger partial charge >= 0.3 is 6.01 Å². The smallest absolute Gasteiger partial charge is 0.319 e. The van der Waals surface area contributed by atoms with Crippen molar-refractivity contribution in [2.24, 2.45) is 0 Å². The molecule has 3 aromatic rings. The first-order valence-electron chi connectivity index (χ1n) is 11.7. The number of hydrogen-bond acceptors (Lipinski definition) is 9. The average Bonchev–Trinajstić information content (AvgIpc) is 3.51. The summed E-state index contributed by atoms with van der Waals surface area (Å²) >= 11 is 3.57. The highest BCUT2D eigenvalue weighted by Crippen LogP contribution is 2.37. The number of fused-ring (bicyclic) bond motifs is 3. The SMILES string of the molecule is C=C(F)C(=O)N1CCN(c2nc(OC[C@@H]3CCCN3C)nc3cc(Br)c4cnoc4c23)C[C@@H]1CC#N. The van der Waals surface area contributed by atoms with Crippen LogP contribution in [0.15, 0.2) is 33.7 Å². The maximum absolute atomic E-state index is 13.6. The molecule has 12 heteroatoms. The van der Waals surface area contributed by atoms with Crippen molar-refractivity contribution in [3.63, 3.8) is 0 Å². The van der Waals surface area contributed by atoms with Gasteiger partial charge in [0.1, 0.15) is 12.4 Å². The van der Waals surface area contributed by atoms with E-state index in [0.717, 1.165) is 29.2 Å². The van der Waals surface area contributed by atoms with Crippen molar-refractivity contribution in [3.05, 3.63) is 29.1 Å². The van der Waals surface area contributed by atoms with Crippen molar-refractivity contribution >= 4 is 49.5 Å². The van der Waals surface area contributed by atoms with Crippen LogP contribution < -0.4 is 9.64 Å². The van der Waals surface area contributed by atoms with Gasteiger partial charge in [0.25, 0.3) is 5.91 Å². The Balaban J connectivity index is 1.55. The Hall–Kier alpha value is -3.30. The van der Waals surface area contributed by atoms with Gasteiger partial charge in [0.2, 0.25) is 0 Å². The molecule has 2 aliphatic rings. The molecule has 4 heterocycles. The van der Waals surface area contributed by atoms with Gasteiger partial charge in [-0.15, -0.1) is 0 Å². The molecule has 0 radical (unpaired) electrons. The summed E-state index contributed by atoms with van der Waals surface area (Å²) in [5.74, 6) is -1.29. The maximum atomic E-state index is 13.6. The van der Waals surface area contributed by atoms with Crippen LogP contribution in [0.5, 0.6) is 6.01 Å². The summed E-state index contributed by atoms with van der Waals surface area (Å²) in [6.45, 7) is 5.47. The Morgan fingerprint density at radius 1 is 1.36 bits per heavy atom. The van der Waals surface area contributed by atoms with Crippen molar-refractivity contribution in [1.29, 1.82) is 5.26 Å². The molecule has 2 fully saturated rings. The number of amides is 1. The lowest BCUT2D eigenvalue weighted by atomic mass is 10.1. The lowest BCUT2D eigenvalue weighted by Gasteiger charge is -2.41. The van der Waals surface area contributed by atoms with E-state index in [0.29, 0.717) is 41.5 Å². The second kappa shape index (κ2) is 9.99. The minimum Gasteiger partial charge on any atom is -0.462 e. The second-order valence-electron chi connectivity index (χ2n) is 9.10. The lowest BCUT2D eigenvalue weighted by Crippen LogP contribution is -2.55. The van der Waals surface area contributed by atoms with Gasteiger partial charge in [-0.05, 0) is 48.4 Å². The molecule has 0 N–H and O–H groups in total. The van der Waals surface area contributed by atoms with Crippen LogP contribution in [0, 0.1) is 11.3 Å². The average molecular weight is 558 g/mol. The molecular formula is C24H25BrFN7O3. The summed E-state index contributed by atoms with van der Waals surface area (Å²) < 4.78 is 26.1. The highest BCUT2D eigenvalue weighted by molar-refractivity contribution is 9.10. The molecule has 0 aliphatic carbocycles. The Bertz CT molecular complexity index is 1370. The Morgan fingerprint density at radius 2 is 2.19 bits per heavy atom. The van der Waals surface area contributed by atoms with Crippen LogP contribution in [-0.2, 0) is 4.79 Å². The number of likely N-dealkylation sites (tertiary alicyclic amines) is 1. The molecule has 1 aromatic carbocycles. The van der Waals surface area contributed by atoms with Gasteiger partial charge in [0.05, 0.1) is 41.0 Å². The number of carbonyl (C=O) groups excluding carboxylic acids is 1. The zero-order chi connectivity index (χ0) is 25.4. The molecule has 5 rings (SSSR count). The fourth-order valence-corrected chi connectivity index (χ4v) is 5.46. The quantitative estimate of drug-likeness (QED) is 0.420. The monoisotopic (exact) mass is 557 g/mol. The van der Waals surface area contributed by atoms with Gasteiger partial charge < -0.3 is 24.0 Å². The zero-order valence-electron chi connectivity index (χ0n) is 19.8. The molecular weight excluding hydrogens is 533 g/mol. The third-order valence-electron chi connectivity index (χ3n) is 6.89. The summed E-state index contributed by atoms with van der Waals surface area (Å²) in [5, 5.41) is 14.7. The van der Waals surface area contributed by atoms with Crippen LogP contribution in [-0.4, -0.2) is 82.7 Å². The Labute approximate surface area is 215 Å². The summed E-state index contributed by atoms with van der Waals surface area (Å²) in [6.07, 6.45) is 3.83. The Morgan fingerprint density at radius 3 is 2.92 bits per heavy atom. The number of carbonyl (C=O) groups is 1. The third kappa shape index (κ3) is 4.49. The largest absolute Gasteiger partial charge is 0.462 e. The number of ether oxygens (including phenoxy) is 1. The standard InChI is InChI=1S/C24H25BrFN7O3/c1-14(26)23(34)33-9-8-32(12-15(33)5-6-27)22-20-19(10-18(25)17-11-28-36-21(17)20)29-24(30-22)35-13-16-4-3-7-31(16)2/h10-11,15-16H,1,3-5,7-9,12-13H2,2H3/t15-,16-/m0/s1. The van der Waals surface area contributed by atoms with Crippen LogP contribution in [0.25, 0.3) is 21.9 Å². The molecule has 0 saturated carbocycles. The van der Waals surface area contributed by atoms with Gasteiger partial charge in [0.15, 0.2) is 11.4 Å². The van der Waals surface area contributed by atoms with Gasteiger partial charge in [-0.1, -0.05) is 11.7 Å². The van der Waals surface area contributed by atoms with E-state index in [1.54, 1.807) is 6.20 Å². The predicted molar refractivity (Wildman–Crippen MR) is 134 cm³/mol. The molecule has 1 amide bonds. The molecule has 36 heavy (non-hydrogen) atoms. The number of piperazine rings is 1. The van der Waals surface area contributed by atoms with Crippen molar-refractivity contribution in [1.82, 2.24) is 24.9 Å². The summed E-state index contributed by atoms with van der Waals surface area (Å²) in [5.41, 5.74) is 1.13. The fourth-order valence-electron chi connectivity index (χ4n) is 4.96. The van der Waals surface area contributed by atoms with Crippen LogP contribution in [0.1, 0.15) is 19.3 Å². The van der Waals surface area contributed by atoms with E-state index in [2.05, 4.69) is 50.7 Å². The Kier molecular flexibility index (Phi) is 6.77. The number of aromatic nitrogens is 3. The summed E-state index contributed by atoms with van der Waals surface area (Å²) in [4.78, 5) is 27.4. The van der Waals surface area contributed by atoms with E-state index in [9.17, 15) is 14.4 Å². The summed E-state index contributed by atoms with van der Waals surface area (Å²) in [7, 11) is 2.08. The number of nitrogens with zero attached hydrogens (tertiary/aromatic N) is 7. The van der Waals surface area contributed by atoms with E-state index in [1.807, 2.05) is 11.0 Å². The molecule has 2 atom stereocenters. The number of likely N-dealkylation sites (N-methyl/N-ethyl adjacent to an activating group) is 1. The summed E-state index contributed by atoms with van der Waals surface area (Å²) in [6, 6.07) is 3.96. The van der Waals surface area contributed by atoms with E-state index >= 15 is 0 Å². The van der Waals surface area contributed by atoms with Crippen molar-refractivity contribution in [3.8, 4) is 12.1 Å². The first-order valence-corrected chi connectivity index (χ1v) is 12.5. The normalized spacial score (nSPS) is 20.7. The molecule has 0 unspecified atom stereocenters. The maximum Gasteiger partial charge on any atom is 0.319 e. The molecule has 2 aliphatic heterocycles. The molecule has 188 valence electrons. The highest BCUT2D eigenvalue weighted by Gasteiger charge is 2.34. The number of nitriles is 1. The van der Waals surface area contributed by atoms with Gasteiger partial charge in [0, 0.05) is 30.1 Å². The van der Waals surface area contributed by atoms with Gasteiger partial charge in [-0.2, -0.15) is 15.2 Å². The minimum absolute atomic E-state index is 0.0408. The molecule has 2 saturated heterocycles. The van der Waals surface area contributed by atoms with E-state index in [-0.39, 0.29) is 25.5 Å². The zero-order valence-corrected chi connectivity index (χ0v) is 21.4. The van der Waals surface area contributed by atoms with Crippen LogP contribution in [0.2, 0.25) is 0 Å². The van der Waals surface area contributed by atoms with Crippen molar-refractivity contribution in [2.45, 2.75) is 31.3 Å². The van der Waals surface area contributed by atoms with Crippen LogP contribution >= 0.6 is 15.9 Å².